The van der Waals surface area contributed by atoms with E-state index >= 15 is 0 Å². The maximum atomic E-state index is 13.5. The Balaban J connectivity index is 2.38. The van der Waals surface area contributed by atoms with Gasteiger partial charge in [-0.05, 0) is 24.0 Å². The van der Waals surface area contributed by atoms with Gasteiger partial charge in [-0.1, -0.05) is 53.2 Å². The van der Waals surface area contributed by atoms with Gasteiger partial charge >= 0.3 is 0 Å². The van der Waals surface area contributed by atoms with Crippen molar-refractivity contribution in [3.05, 3.63) is 30.1 Å². The molecule has 0 aromatic heterocycles. The van der Waals surface area contributed by atoms with Crippen molar-refractivity contribution >= 4 is 0 Å². The molecular weight excluding hydrogens is 267 g/mol. The van der Waals surface area contributed by atoms with E-state index in [9.17, 15) is 4.39 Å². The molecule has 0 heterocycles. The van der Waals surface area contributed by atoms with E-state index in [0.717, 1.165) is 19.4 Å². The lowest BCUT2D eigenvalue weighted by atomic mass is 9.89. The van der Waals surface area contributed by atoms with E-state index in [0.29, 0.717) is 19.0 Å². The minimum Gasteiger partial charge on any atom is -0.490 e. The number of para-hydroxylation sites is 1. The van der Waals surface area contributed by atoms with Crippen LogP contribution in [0.2, 0.25) is 0 Å². The molecule has 0 saturated heterocycles. The highest BCUT2D eigenvalue weighted by Crippen LogP contribution is 2.25. The molecule has 0 fully saturated rings. The van der Waals surface area contributed by atoms with Crippen LogP contribution in [0.5, 0.6) is 5.75 Å². The van der Waals surface area contributed by atoms with E-state index in [1.165, 1.54) is 6.07 Å². The zero-order valence-electron chi connectivity index (χ0n) is 14.0. The maximum Gasteiger partial charge on any atom is 0.165 e. The van der Waals surface area contributed by atoms with Crippen LogP contribution in [0, 0.1) is 16.6 Å². The van der Waals surface area contributed by atoms with Crippen LogP contribution in [0.15, 0.2) is 24.3 Å². The lowest BCUT2D eigenvalue weighted by molar-refractivity contribution is -0.00410. The van der Waals surface area contributed by atoms with Crippen LogP contribution in [0.3, 0.4) is 0 Å². The first-order chi connectivity index (χ1) is 9.76. The second-order valence-corrected chi connectivity index (χ2v) is 7.29. The summed E-state index contributed by atoms with van der Waals surface area (Å²) < 4.78 is 24.9. The molecule has 0 N–H and O–H groups in total. The van der Waals surface area contributed by atoms with Crippen LogP contribution in [0.4, 0.5) is 4.39 Å². The molecule has 0 aliphatic heterocycles. The van der Waals surface area contributed by atoms with Gasteiger partial charge in [0.25, 0.3) is 0 Å². The summed E-state index contributed by atoms with van der Waals surface area (Å²) in [4.78, 5) is 0. The van der Waals surface area contributed by atoms with Gasteiger partial charge in [0.15, 0.2) is 11.6 Å². The number of halogens is 1. The van der Waals surface area contributed by atoms with Crippen molar-refractivity contribution in [2.24, 2.45) is 10.8 Å². The fourth-order valence-electron chi connectivity index (χ4n) is 2.23. The number of rotatable bonds is 9. The molecule has 0 radical (unpaired) electrons. The minimum atomic E-state index is -0.321. The lowest BCUT2D eigenvalue weighted by Crippen LogP contribution is -2.30. The van der Waals surface area contributed by atoms with Gasteiger partial charge in [-0.3, -0.25) is 0 Å². The molecule has 0 atom stereocenters. The van der Waals surface area contributed by atoms with Gasteiger partial charge in [0.05, 0.1) is 19.8 Å². The van der Waals surface area contributed by atoms with Gasteiger partial charge in [-0.2, -0.15) is 0 Å². The molecular formula is C18H29FO2. The molecule has 1 aromatic carbocycles. The summed E-state index contributed by atoms with van der Waals surface area (Å²) in [6.07, 6.45) is 2.31. The third kappa shape index (κ3) is 6.94. The van der Waals surface area contributed by atoms with Crippen molar-refractivity contribution in [3.63, 3.8) is 0 Å². The number of benzene rings is 1. The Hall–Kier alpha value is -1.09. The number of hydrogen-bond donors (Lipinski definition) is 0. The summed E-state index contributed by atoms with van der Waals surface area (Å²) in [5.41, 5.74) is 0.0573. The SMILES string of the molecule is CCCC(C)(C)COCC(C)(C)COc1ccccc1F. The first kappa shape index (κ1) is 18.0. The molecule has 120 valence electrons. The Morgan fingerprint density at radius 2 is 1.57 bits per heavy atom. The Kier molecular flexibility index (Phi) is 6.66. The van der Waals surface area contributed by atoms with Gasteiger partial charge in [0, 0.05) is 5.41 Å². The lowest BCUT2D eigenvalue weighted by Gasteiger charge is -2.29. The number of ether oxygens (including phenoxy) is 2. The summed E-state index contributed by atoms with van der Waals surface area (Å²) in [7, 11) is 0. The normalized spacial score (nSPS) is 12.5. The average Bonchev–Trinajstić information content (AvgIpc) is 2.37. The van der Waals surface area contributed by atoms with E-state index < -0.39 is 0 Å². The summed E-state index contributed by atoms with van der Waals surface area (Å²) in [6, 6.07) is 6.49. The van der Waals surface area contributed by atoms with Gasteiger partial charge in [-0.25, -0.2) is 4.39 Å². The Labute approximate surface area is 128 Å². The predicted molar refractivity (Wildman–Crippen MR) is 85.2 cm³/mol. The van der Waals surface area contributed by atoms with Crippen LogP contribution >= 0.6 is 0 Å². The third-order valence-electron chi connectivity index (χ3n) is 3.37. The fourth-order valence-corrected chi connectivity index (χ4v) is 2.23. The third-order valence-corrected chi connectivity index (χ3v) is 3.37. The highest BCUT2D eigenvalue weighted by atomic mass is 19.1. The van der Waals surface area contributed by atoms with Crippen molar-refractivity contribution in [1.29, 1.82) is 0 Å². The van der Waals surface area contributed by atoms with Crippen LogP contribution < -0.4 is 4.74 Å². The van der Waals surface area contributed by atoms with Crippen molar-refractivity contribution in [2.45, 2.75) is 47.5 Å². The highest BCUT2D eigenvalue weighted by molar-refractivity contribution is 5.23. The minimum absolute atomic E-state index is 0.148. The fraction of sp³-hybridized carbons (Fsp3) is 0.667. The first-order valence-corrected chi connectivity index (χ1v) is 7.71. The molecule has 1 rings (SSSR count). The van der Waals surface area contributed by atoms with E-state index in [2.05, 4.69) is 34.6 Å². The molecule has 0 aliphatic carbocycles. The Bertz CT molecular complexity index is 427. The van der Waals surface area contributed by atoms with Crippen LogP contribution in [0.25, 0.3) is 0 Å². The van der Waals surface area contributed by atoms with Crippen LogP contribution in [-0.4, -0.2) is 19.8 Å². The zero-order chi connectivity index (χ0) is 15.9. The largest absolute Gasteiger partial charge is 0.490 e. The first-order valence-electron chi connectivity index (χ1n) is 7.71. The molecule has 0 unspecified atom stereocenters. The van der Waals surface area contributed by atoms with Crippen LogP contribution in [-0.2, 0) is 4.74 Å². The molecule has 21 heavy (non-hydrogen) atoms. The summed E-state index contributed by atoms with van der Waals surface area (Å²) in [5, 5.41) is 0. The van der Waals surface area contributed by atoms with Crippen LogP contribution in [0.1, 0.15) is 47.5 Å². The smallest absolute Gasteiger partial charge is 0.165 e. The van der Waals surface area contributed by atoms with E-state index in [1.54, 1.807) is 18.2 Å². The molecule has 3 heteroatoms. The standard InChI is InChI=1S/C18H29FO2/c1-6-11-17(2,3)12-20-13-18(4,5)14-21-16-10-8-7-9-15(16)19/h7-10H,6,11-14H2,1-5H3. The molecule has 0 bridgehead atoms. The molecule has 0 saturated carbocycles. The second-order valence-electron chi connectivity index (χ2n) is 7.29. The maximum absolute atomic E-state index is 13.5. The van der Waals surface area contributed by atoms with E-state index in [4.69, 9.17) is 9.47 Å². The Morgan fingerprint density at radius 1 is 0.952 bits per heavy atom. The molecule has 0 amide bonds. The topological polar surface area (TPSA) is 18.5 Å². The van der Waals surface area contributed by atoms with Gasteiger partial charge < -0.3 is 9.47 Å². The molecule has 1 aromatic rings. The van der Waals surface area contributed by atoms with Gasteiger partial charge in [-0.15, -0.1) is 0 Å². The predicted octanol–water partition coefficient (Wildman–Crippen LogP) is 5.07. The monoisotopic (exact) mass is 296 g/mol. The van der Waals surface area contributed by atoms with Gasteiger partial charge in [0.2, 0.25) is 0 Å². The van der Waals surface area contributed by atoms with Crippen molar-refractivity contribution in [1.82, 2.24) is 0 Å². The molecule has 0 aliphatic rings. The second kappa shape index (κ2) is 7.79. The summed E-state index contributed by atoms with van der Waals surface area (Å²) >= 11 is 0. The van der Waals surface area contributed by atoms with Crippen molar-refractivity contribution < 1.29 is 13.9 Å². The average molecular weight is 296 g/mol. The van der Waals surface area contributed by atoms with Gasteiger partial charge in [0.1, 0.15) is 0 Å². The van der Waals surface area contributed by atoms with E-state index in [1.807, 2.05) is 0 Å². The molecule has 2 nitrogen and oxygen atoms in total. The molecule has 0 spiro atoms. The Morgan fingerprint density at radius 3 is 2.19 bits per heavy atom. The van der Waals surface area contributed by atoms with Crippen molar-refractivity contribution in [2.75, 3.05) is 19.8 Å². The summed E-state index contributed by atoms with van der Waals surface area (Å²) in [5.74, 6) is -0.0183. The quantitative estimate of drug-likeness (QED) is 0.633. The highest BCUT2D eigenvalue weighted by Gasteiger charge is 2.23. The van der Waals surface area contributed by atoms with E-state index in [-0.39, 0.29) is 16.6 Å². The zero-order valence-corrected chi connectivity index (χ0v) is 14.0. The summed E-state index contributed by atoms with van der Waals surface area (Å²) in [6.45, 7) is 12.6. The number of hydrogen-bond acceptors (Lipinski definition) is 2. The van der Waals surface area contributed by atoms with Crippen molar-refractivity contribution in [3.8, 4) is 5.75 Å².